The summed E-state index contributed by atoms with van der Waals surface area (Å²) in [5, 5.41) is 32.6. The van der Waals surface area contributed by atoms with Gasteiger partial charge < -0.3 is 25.4 Å². The van der Waals surface area contributed by atoms with E-state index < -0.39 is 24.5 Å². The molecule has 0 spiro atoms. The van der Waals surface area contributed by atoms with Crippen LogP contribution in [0.2, 0.25) is 0 Å². The first kappa shape index (κ1) is 16.9. The maximum absolute atomic E-state index is 10.2. The van der Waals surface area contributed by atoms with Gasteiger partial charge in [-0.2, -0.15) is 0 Å². The van der Waals surface area contributed by atoms with Gasteiger partial charge >= 0.3 is 0 Å². The molecule has 1 fully saturated rings. The second-order valence-corrected chi connectivity index (χ2v) is 6.11. The summed E-state index contributed by atoms with van der Waals surface area (Å²) in [5.41, 5.74) is 2.09. The zero-order chi connectivity index (χ0) is 18.1. The molecule has 4 rings (SSSR count). The lowest BCUT2D eigenvalue weighted by atomic mass is 10.1. The topological polar surface area (TPSA) is 126 Å². The molecule has 0 saturated carbocycles. The van der Waals surface area contributed by atoms with E-state index in [4.69, 9.17) is 4.74 Å². The van der Waals surface area contributed by atoms with Gasteiger partial charge in [-0.25, -0.2) is 15.0 Å². The summed E-state index contributed by atoms with van der Waals surface area (Å²) < 4.78 is 7.08. The molecule has 3 heterocycles. The maximum atomic E-state index is 10.2. The van der Waals surface area contributed by atoms with Gasteiger partial charge in [-0.15, -0.1) is 0 Å². The summed E-state index contributed by atoms with van der Waals surface area (Å²) >= 11 is 0. The smallest absolute Gasteiger partial charge is 0.167 e. The van der Waals surface area contributed by atoms with Crippen LogP contribution >= 0.6 is 0 Å². The zero-order valence-corrected chi connectivity index (χ0v) is 13.8. The Labute approximate surface area is 148 Å². The standard InChI is InChI=1S/C17H19N5O4/c23-7-11-13(24)14(25)17(26-11)22-9-21-12-15(19-8-20-16(12)22)18-6-10-4-2-1-3-5-10/h1-5,8-9,11,13-14,17,23-25H,6-7H2,(H,18,19,20)/t11-,13-,14+,17?/m1/s1. The van der Waals surface area contributed by atoms with Crippen LogP contribution in [0.3, 0.4) is 0 Å². The van der Waals surface area contributed by atoms with E-state index in [9.17, 15) is 15.3 Å². The van der Waals surface area contributed by atoms with Crippen LogP contribution in [0.25, 0.3) is 11.2 Å². The fraction of sp³-hybridized carbons (Fsp3) is 0.353. The number of aliphatic hydroxyl groups is 3. The molecule has 136 valence electrons. The van der Waals surface area contributed by atoms with Crippen LogP contribution in [0.1, 0.15) is 11.8 Å². The van der Waals surface area contributed by atoms with Crippen molar-refractivity contribution in [2.45, 2.75) is 31.1 Å². The number of hydrogen-bond donors (Lipinski definition) is 4. The van der Waals surface area contributed by atoms with Gasteiger partial charge in [0, 0.05) is 6.54 Å². The molecule has 1 saturated heterocycles. The largest absolute Gasteiger partial charge is 0.394 e. The van der Waals surface area contributed by atoms with Gasteiger partial charge in [0.1, 0.15) is 24.6 Å². The SMILES string of the molecule is OC[C@H]1OC(n2cnc3c(NCc4ccccc4)ncnc32)[C@@H](O)[C@@H]1O. The minimum Gasteiger partial charge on any atom is -0.394 e. The van der Waals surface area contributed by atoms with E-state index in [1.807, 2.05) is 30.3 Å². The predicted octanol–water partition coefficient (Wildman–Crippen LogP) is 0.0499. The summed E-state index contributed by atoms with van der Waals surface area (Å²) in [6.07, 6.45) is -1.24. The number of hydrogen-bond acceptors (Lipinski definition) is 8. The van der Waals surface area contributed by atoms with E-state index in [1.54, 1.807) is 0 Å². The Morgan fingerprint density at radius 3 is 2.62 bits per heavy atom. The van der Waals surface area contributed by atoms with Crippen molar-refractivity contribution in [3.63, 3.8) is 0 Å². The van der Waals surface area contributed by atoms with Crippen molar-refractivity contribution in [1.29, 1.82) is 0 Å². The molecule has 1 aliphatic rings. The summed E-state index contributed by atoms with van der Waals surface area (Å²) in [5.74, 6) is 0.560. The molecular weight excluding hydrogens is 338 g/mol. The lowest BCUT2D eigenvalue weighted by Crippen LogP contribution is -2.33. The highest BCUT2D eigenvalue weighted by atomic mass is 16.6. The van der Waals surface area contributed by atoms with E-state index in [0.29, 0.717) is 23.5 Å². The Morgan fingerprint density at radius 2 is 1.88 bits per heavy atom. The molecular formula is C17H19N5O4. The summed E-state index contributed by atoms with van der Waals surface area (Å²) in [4.78, 5) is 12.8. The van der Waals surface area contributed by atoms with Crippen LogP contribution in [0, 0.1) is 0 Å². The van der Waals surface area contributed by atoms with Crippen LogP contribution in [0.15, 0.2) is 43.0 Å². The number of ether oxygens (including phenoxy) is 1. The van der Waals surface area contributed by atoms with Crippen LogP contribution in [0.5, 0.6) is 0 Å². The number of aliphatic hydroxyl groups excluding tert-OH is 3. The Kier molecular flexibility index (Phi) is 4.51. The number of nitrogens with zero attached hydrogens (tertiary/aromatic N) is 4. The van der Waals surface area contributed by atoms with Crippen molar-refractivity contribution in [2.24, 2.45) is 0 Å². The fourth-order valence-electron chi connectivity index (χ4n) is 3.06. The zero-order valence-electron chi connectivity index (χ0n) is 13.8. The van der Waals surface area contributed by atoms with Crippen molar-refractivity contribution in [2.75, 3.05) is 11.9 Å². The molecule has 4 atom stereocenters. The molecule has 0 radical (unpaired) electrons. The molecule has 9 nitrogen and oxygen atoms in total. The van der Waals surface area contributed by atoms with Crippen LogP contribution in [0.4, 0.5) is 5.82 Å². The molecule has 0 amide bonds. The molecule has 26 heavy (non-hydrogen) atoms. The Hall–Kier alpha value is -2.59. The summed E-state index contributed by atoms with van der Waals surface area (Å²) in [7, 11) is 0. The first-order valence-corrected chi connectivity index (χ1v) is 8.27. The number of aromatic nitrogens is 4. The van der Waals surface area contributed by atoms with Gasteiger partial charge in [0.05, 0.1) is 12.9 Å². The van der Waals surface area contributed by atoms with Gasteiger partial charge in [-0.3, -0.25) is 4.57 Å². The van der Waals surface area contributed by atoms with Gasteiger partial charge in [0.2, 0.25) is 0 Å². The number of imidazole rings is 1. The molecule has 0 aliphatic carbocycles. The molecule has 3 aromatic rings. The van der Waals surface area contributed by atoms with E-state index >= 15 is 0 Å². The molecule has 2 aromatic heterocycles. The van der Waals surface area contributed by atoms with E-state index in [0.717, 1.165) is 5.56 Å². The van der Waals surface area contributed by atoms with Crippen molar-refractivity contribution in [1.82, 2.24) is 19.5 Å². The number of nitrogens with one attached hydrogen (secondary N) is 1. The highest BCUT2D eigenvalue weighted by molar-refractivity contribution is 5.82. The number of rotatable bonds is 5. The minimum absolute atomic E-state index is 0.389. The molecule has 1 unspecified atom stereocenters. The average Bonchev–Trinajstić information content (AvgIpc) is 3.23. The van der Waals surface area contributed by atoms with Gasteiger partial charge in [-0.1, -0.05) is 30.3 Å². The number of benzene rings is 1. The maximum Gasteiger partial charge on any atom is 0.167 e. The van der Waals surface area contributed by atoms with Crippen molar-refractivity contribution in [3.8, 4) is 0 Å². The van der Waals surface area contributed by atoms with E-state index in [2.05, 4.69) is 20.3 Å². The highest BCUT2D eigenvalue weighted by Gasteiger charge is 2.44. The molecule has 4 N–H and O–H groups in total. The Morgan fingerprint density at radius 1 is 1.08 bits per heavy atom. The third kappa shape index (κ3) is 2.90. The van der Waals surface area contributed by atoms with E-state index in [1.165, 1.54) is 17.2 Å². The molecule has 9 heteroatoms. The van der Waals surface area contributed by atoms with Crippen molar-refractivity contribution < 1.29 is 20.1 Å². The lowest BCUT2D eigenvalue weighted by molar-refractivity contribution is -0.0511. The van der Waals surface area contributed by atoms with Crippen LogP contribution in [-0.2, 0) is 11.3 Å². The normalized spacial score (nSPS) is 25.7. The Bertz CT molecular complexity index is 887. The lowest BCUT2D eigenvalue weighted by Gasteiger charge is -2.16. The Balaban J connectivity index is 1.61. The average molecular weight is 357 g/mol. The van der Waals surface area contributed by atoms with Gasteiger partial charge in [-0.05, 0) is 5.56 Å². The second kappa shape index (κ2) is 6.96. The van der Waals surface area contributed by atoms with Crippen LogP contribution in [-0.4, -0.2) is 59.8 Å². The first-order valence-electron chi connectivity index (χ1n) is 8.27. The third-order valence-electron chi connectivity index (χ3n) is 4.45. The van der Waals surface area contributed by atoms with Gasteiger partial charge in [0.15, 0.2) is 23.2 Å². The van der Waals surface area contributed by atoms with Crippen LogP contribution < -0.4 is 5.32 Å². The van der Waals surface area contributed by atoms with Gasteiger partial charge in [0.25, 0.3) is 0 Å². The monoisotopic (exact) mass is 357 g/mol. The first-order chi connectivity index (χ1) is 12.7. The number of fused-ring (bicyclic) bond motifs is 1. The predicted molar refractivity (Wildman–Crippen MR) is 92.1 cm³/mol. The molecule has 1 aliphatic heterocycles. The summed E-state index contributed by atoms with van der Waals surface area (Å²) in [6.45, 7) is 0.188. The third-order valence-corrected chi connectivity index (χ3v) is 4.45. The highest BCUT2D eigenvalue weighted by Crippen LogP contribution is 2.32. The fourth-order valence-corrected chi connectivity index (χ4v) is 3.06. The van der Waals surface area contributed by atoms with Crippen molar-refractivity contribution in [3.05, 3.63) is 48.5 Å². The molecule has 1 aromatic carbocycles. The van der Waals surface area contributed by atoms with Crippen molar-refractivity contribution >= 4 is 17.0 Å². The minimum atomic E-state index is -1.19. The summed E-state index contributed by atoms with van der Waals surface area (Å²) in [6, 6.07) is 9.88. The number of anilines is 1. The quantitative estimate of drug-likeness (QED) is 0.505. The van der Waals surface area contributed by atoms with E-state index in [-0.39, 0.29) is 6.61 Å². The second-order valence-electron chi connectivity index (χ2n) is 6.11. The molecule has 0 bridgehead atoms.